The number of hydrogen-bond donors (Lipinski definition) is 1. The van der Waals surface area contributed by atoms with Crippen LogP contribution in [-0.4, -0.2) is 29.6 Å². The minimum Gasteiger partial charge on any atom is -0.466 e. The van der Waals surface area contributed by atoms with Crippen LogP contribution < -0.4 is 5.32 Å². The number of nitrogens with zero attached hydrogens (tertiary/aromatic N) is 1. The summed E-state index contributed by atoms with van der Waals surface area (Å²) in [6.07, 6.45) is 0.888. The van der Waals surface area contributed by atoms with Crippen LogP contribution in [0.3, 0.4) is 0 Å². The van der Waals surface area contributed by atoms with Crippen molar-refractivity contribution in [3.05, 3.63) is 53.3 Å². The lowest BCUT2D eigenvalue weighted by Crippen LogP contribution is -2.25. The highest BCUT2D eigenvalue weighted by Crippen LogP contribution is 2.20. The fourth-order valence-electron chi connectivity index (χ4n) is 2.73. The fourth-order valence-corrected chi connectivity index (χ4v) is 2.73. The molecule has 2 rings (SSSR count). The Morgan fingerprint density at radius 1 is 1.17 bits per heavy atom. The fraction of sp³-hybridized carbons (Fsp3) is 0.368. The van der Waals surface area contributed by atoms with Crippen LogP contribution in [0, 0.1) is 13.8 Å². The highest BCUT2D eigenvalue weighted by atomic mass is 16.5. The number of ether oxygens (including phenoxy) is 1. The van der Waals surface area contributed by atoms with Gasteiger partial charge >= 0.3 is 5.97 Å². The number of benzene rings is 1. The number of carbonyl (C=O) groups is 2. The third-order valence-corrected chi connectivity index (χ3v) is 3.84. The second-order valence-electron chi connectivity index (χ2n) is 5.62. The van der Waals surface area contributed by atoms with E-state index < -0.39 is 0 Å². The normalized spacial score (nSPS) is 10.5. The third kappa shape index (κ3) is 4.25. The average molecular weight is 328 g/mol. The van der Waals surface area contributed by atoms with Crippen molar-refractivity contribution in [1.29, 1.82) is 0 Å². The molecule has 0 aliphatic heterocycles. The van der Waals surface area contributed by atoms with Crippen molar-refractivity contribution in [3.8, 4) is 5.69 Å². The molecule has 0 unspecified atom stereocenters. The number of carbonyl (C=O) groups excluding carboxylic acids is 2. The second kappa shape index (κ2) is 8.34. The molecule has 0 radical (unpaired) electrons. The molecule has 0 atom stereocenters. The van der Waals surface area contributed by atoms with Gasteiger partial charge in [0.05, 0.1) is 12.2 Å². The van der Waals surface area contributed by atoms with E-state index >= 15 is 0 Å². The summed E-state index contributed by atoms with van der Waals surface area (Å²) in [4.78, 5) is 23.7. The molecule has 0 bridgehead atoms. The first kappa shape index (κ1) is 17.8. The summed E-state index contributed by atoms with van der Waals surface area (Å²) in [5.74, 6) is -0.344. The van der Waals surface area contributed by atoms with Gasteiger partial charge in [0.15, 0.2) is 0 Å². The molecule has 1 aromatic carbocycles. The number of esters is 1. The van der Waals surface area contributed by atoms with Crippen molar-refractivity contribution < 1.29 is 14.3 Å². The average Bonchev–Trinajstić information content (AvgIpc) is 2.87. The van der Waals surface area contributed by atoms with E-state index in [-0.39, 0.29) is 11.9 Å². The van der Waals surface area contributed by atoms with E-state index in [2.05, 4.69) is 9.88 Å². The molecule has 5 heteroatoms. The van der Waals surface area contributed by atoms with Gasteiger partial charge < -0.3 is 14.6 Å². The van der Waals surface area contributed by atoms with Gasteiger partial charge in [-0.1, -0.05) is 18.2 Å². The van der Waals surface area contributed by atoms with Gasteiger partial charge in [-0.15, -0.1) is 0 Å². The largest absolute Gasteiger partial charge is 0.466 e. The monoisotopic (exact) mass is 328 g/mol. The number of aromatic nitrogens is 1. The lowest BCUT2D eigenvalue weighted by molar-refractivity contribution is -0.143. The summed E-state index contributed by atoms with van der Waals surface area (Å²) in [5, 5.41) is 2.87. The zero-order valence-electron chi connectivity index (χ0n) is 14.5. The number of amides is 1. The van der Waals surface area contributed by atoms with Crippen molar-refractivity contribution in [2.24, 2.45) is 0 Å². The Labute approximate surface area is 142 Å². The number of nitrogens with one attached hydrogen (secondary N) is 1. The Kier molecular flexibility index (Phi) is 6.18. The molecule has 1 N–H and O–H groups in total. The highest BCUT2D eigenvalue weighted by Gasteiger charge is 2.16. The maximum atomic E-state index is 12.4. The Balaban J connectivity index is 2.00. The van der Waals surface area contributed by atoms with Crippen molar-refractivity contribution in [3.63, 3.8) is 0 Å². The minimum atomic E-state index is -0.228. The van der Waals surface area contributed by atoms with Gasteiger partial charge in [0.25, 0.3) is 5.91 Å². The van der Waals surface area contributed by atoms with E-state index in [0.29, 0.717) is 31.6 Å². The minimum absolute atomic E-state index is 0.117. The maximum absolute atomic E-state index is 12.4. The van der Waals surface area contributed by atoms with E-state index in [1.807, 2.05) is 50.2 Å². The van der Waals surface area contributed by atoms with Gasteiger partial charge in [-0.05, 0) is 45.4 Å². The molecule has 1 aromatic heterocycles. The summed E-state index contributed by atoms with van der Waals surface area (Å²) in [5.41, 5.74) is 3.61. The van der Waals surface area contributed by atoms with E-state index in [9.17, 15) is 9.59 Å². The predicted octanol–water partition coefficient (Wildman–Crippen LogP) is 3.17. The van der Waals surface area contributed by atoms with Crippen LogP contribution in [0.4, 0.5) is 0 Å². The first-order valence-electron chi connectivity index (χ1n) is 8.22. The molecule has 0 fully saturated rings. The number of hydrogen-bond acceptors (Lipinski definition) is 3. The van der Waals surface area contributed by atoms with E-state index in [0.717, 1.165) is 17.1 Å². The standard InChI is InChI=1S/C19H24N2O3/c1-4-24-18(22)11-8-12-20-19(23)17-13-14(2)21(15(17)3)16-9-6-5-7-10-16/h5-7,9-10,13H,4,8,11-12H2,1-3H3,(H,20,23). The zero-order valence-corrected chi connectivity index (χ0v) is 14.5. The first-order valence-corrected chi connectivity index (χ1v) is 8.22. The summed E-state index contributed by atoms with van der Waals surface area (Å²) in [7, 11) is 0. The molecule has 2 aromatic rings. The SMILES string of the molecule is CCOC(=O)CCCNC(=O)c1cc(C)n(-c2ccccc2)c1C. The Bertz CT molecular complexity index is 705. The predicted molar refractivity (Wildman–Crippen MR) is 93.4 cm³/mol. The number of rotatable bonds is 7. The molecule has 128 valence electrons. The van der Waals surface area contributed by atoms with Crippen LogP contribution in [0.1, 0.15) is 41.5 Å². The van der Waals surface area contributed by atoms with Crippen molar-refractivity contribution in [1.82, 2.24) is 9.88 Å². The van der Waals surface area contributed by atoms with Crippen LogP contribution in [0.25, 0.3) is 5.69 Å². The van der Waals surface area contributed by atoms with Crippen LogP contribution in [0.15, 0.2) is 36.4 Å². The van der Waals surface area contributed by atoms with Crippen molar-refractivity contribution in [2.45, 2.75) is 33.6 Å². The van der Waals surface area contributed by atoms with Crippen LogP contribution in [0.5, 0.6) is 0 Å². The molecule has 0 spiro atoms. The molecular weight excluding hydrogens is 304 g/mol. The molecule has 1 heterocycles. The van der Waals surface area contributed by atoms with Crippen LogP contribution in [0.2, 0.25) is 0 Å². The van der Waals surface area contributed by atoms with E-state index in [4.69, 9.17) is 4.74 Å². The van der Waals surface area contributed by atoms with E-state index in [1.165, 1.54) is 0 Å². The molecule has 0 aliphatic rings. The lowest BCUT2D eigenvalue weighted by Gasteiger charge is -2.10. The Morgan fingerprint density at radius 3 is 2.54 bits per heavy atom. The third-order valence-electron chi connectivity index (χ3n) is 3.84. The summed E-state index contributed by atoms with van der Waals surface area (Å²) in [6.45, 7) is 6.54. The molecule has 24 heavy (non-hydrogen) atoms. The second-order valence-corrected chi connectivity index (χ2v) is 5.62. The molecule has 1 amide bonds. The van der Waals surface area contributed by atoms with E-state index in [1.54, 1.807) is 6.92 Å². The number of para-hydroxylation sites is 1. The summed E-state index contributed by atoms with van der Waals surface area (Å²) in [6, 6.07) is 11.8. The molecule has 0 aliphatic carbocycles. The highest BCUT2D eigenvalue weighted by molar-refractivity contribution is 5.95. The van der Waals surface area contributed by atoms with Crippen molar-refractivity contribution >= 4 is 11.9 Å². The Hall–Kier alpha value is -2.56. The summed E-state index contributed by atoms with van der Waals surface area (Å²) < 4.78 is 6.93. The van der Waals surface area contributed by atoms with Gasteiger partial charge in [0, 0.05) is 30.0 Å². The lowest BCUT2D eigenvalue weighted by atomic mass is 10.2. The molecule has 0 saturated heterocycles. The van der Waals surface area contributed by atoms with Crippen molar-refractivity contribution in [2.75, 3.05) is 13.2 Å². The smallest absolute Gasteiger partial charge is 0.305 e. The topological polar surface area (TPSA) is 60.3 Å². The van der Waals surface area contributed by atoms with Crippen LogP contribution in [-0.2, 0) is 9.53 Å². The van der Waals surface area contributed by atoms with Gasteiger partial charge in [0.2, 0.25) is 0 Å². The van der Waals surface area contributed by atoms with Gasteiger partial charge in [-0.25, -0.2) is 0 Å². The zero-order chi connectivity index (χ0) is 17.5. The first-order chi connectivity index (χ1) is 11.5. The summed E-state index contributed by atoms with van der Waals surface area (Å²) >= 11 is 0. The number of aryl methyl sites for hydroxylation is 1. The quantitative estimate of drug-likeness (QED) is 0.627. The molecule has 5 nitrogen and oxygen atoms in total. The molecular formula is C19H24N2O3. The van der Waals surface area contributed by atoms with Crippen LogP contribution >= 0.6 is 0 Å². The maximum Gasteiger partial charge on any atom is 0.305 e. The van der Waals surface area contributed by atoms with Gasteiger partial charge in [-0.2, -0.15) is 0 Å². The van der Waals surface area contributed by atoms with Gasteiger partial charge in [-0.3, -0.25) is 9.59 Å². The Morgan fingerprint density at radius 2 is 1.88 bits per heavy atom. The van der Waals surface area contributed by atoms with Gasteiger partial charge in [0.1, 0.15) is 0 Å². The molecule has 0 saturated carbocycles.